The lowest BCUT2D eigenvalue weighted by atomic mass is 9.93. The van der Waals surface area contributed by atoms with Crippen molar-refractivity contribution in [3.8, 4) is 0 Å². The van der Waals surface area contributed by atoms with Gasteiger partial charge in [-0.1, -0.05) is 19.3 Å². The van der Waals surface area contributed by atoms with Gasteiger partial charge in [-0.2, -0.15) is 0 Å². The van der Waals surface area contributed by atoms with Crippen LogP contribution in [0.1, 0.15) is 75.8 Å². The number of carbonyl (C=O) groups excluding carboxylic acids is 1. The number of likely N-dealkylation sites (tertiary alicyclic amines) is 1. The van der Waals surface area contributed by atoms with Crippen LogP contribution < -0.4 is 11.1 Å². The molecule has 7 heteroatoms. The van der Waals surface area contributed by atoms with Crippen molar-refractivity contribution >= 4 is 28.8 Å². The largest absolute Gasteiger partial charge is 0.398 e. The van der Waals surface area contributed by atoms with Gasteiger partial charge >= 0.3 is 0 Å². The molecule has 7 nitrogen and oxygen atoms in total. The normalized spacial score (nSPS) is 20.5. The van der Waals surface area contributed by atoms with Crippen LogP contribution in [-0.4, -0.2) is 53.4 Å². The molecular formula is C24H38N6O. The van der Waals surface area contributed by atoms with Gasteiger partial charge in [-0.15, -0.1) is 0 Å². The maximum atomic E-state index is 12.9. The van der Waals surface area contributed by atoms with E-state index in [-0.39, 0.29) is 5.91 Å². The van der Waals surface area contributed by atoms with E-state index in [1.807, 2.05) is 25.8 Å². The third-order valence-electron chi connectivity index (χ3n) is 6.87. The number of aromatic nitrogens is 1. The molecular weight excluding hydrogens is 388 g/mol. The first-order chi connectivity index (χ1) is 14.9. The third-order valence-corrected chi connectivity index (χ3v) is 6.87. The monoisotopic (exact) mass is 426 g/mol. The van der Waals surface area contributed by atoms with Gasteiger partial charge in [0.1, 0.15) is 5.82 Å². The Kier molecular flexibility index (Phi) is 8.04. The number of anilines is 2. The first-order valence-electron chi connectivity index (χ1n) is 11.7. The molecule has 1 aliphatic heterocycles. The number of pyridine rings is 1. The molecule has 4 N–H and O–H groups in total. The summed E-state index contributed by atoms with van der Waals surface area (Å²) in [5.74, 6) is 1.16. The van der Waals surface area contributed by atoms with Gasteiger partial charge in [-0.05, 0) is 51.5 Å². The zero-order chi connectivity index (χ0) is 22.4. The maximum absolute atomic E-state index is 12.9. The van der Waals surface area contributed by atoms with Crippen molar-refractivity contribution < 1.29 is 4.79 Å². The molecule has 1 aromatic heterocycles. The molecule has 3 rings (SSSR count). The Balaban J connectivity index is 1.65. The predicted octanol–water partition coefficient (Wildman–Crippen LogP) is 4.19. The molecule has 2 heterocycles. The van der Waals surface area contributed by atoms with Crippen molar-refractivity contribution in [2.45, 2.75) is 77.7 Å². The Morgan fingerprint density at radius 1 is 1.26 bits per heavy atom. The van der Waals surface area contributed by atoms with Crippen molar-refractivity contribution in [2.24, 2.45) is 10.9 Å². The fraction of sp³-hybridized carbons (Fsp3) is 0.667. The molecule has 0 bridgehead atoms. The number of nitrogens with zero attached hydrogens (tertiary/aromatic N) is 3. The molecule has 2 aliphatic rings. The van der Waals surface area contributed by atoms with Crippen LogP contribution in [0.3, 0.4) is 0 Å². The quantitative estimate of drug-likeness (QED) is 0.568. The highest BCUT2D eigenvalue weighted by molar-refractivity contribution is 6.08. The maximum Gasteiger partial charge on any atom is 0.222 e. The summed E-state index contributed by atoms with van der Waals surface area (Å²) in [6.07, 6.45) is 10.5. The molecule has 0 aromatic carbocycles. The lowest BCUT2D eigenvalue weighted by Gasteiger charge is -2.33. The van der Waals surface area contributed by atoms with E-state index in [9.17, 15) is 4.79 Å². The summed E-state index contributed by atoms with van der Waals surface area (Å²) in [5, 5.41) is 12.3. The summed E-state index contributed by atoms with van der Waals surface area (Å²) >= 11 is 0. The standard InChI is InChI=1S/C24H38N6O/c1-16-14-28-24(29-19-9-5-4-6-10-19)22(23(16)26)20(25)11-12-21(31)30-13-7-8-18(15-30)17(2)27-3/h14,18-19,25H,4-13,15H2,1-3H3,(H3,26,28,29). The van der Waals surface area contributed by atoms with Crippen LogP contribution >= 0.6 is 0 Å². The van der Waals surface area contributed by atoms with Crippen LogP contribution in [0.25, 0.3) is 0 Å². The predicted molar refractivity (Wildman–Crippen MR) is 128 cm³/mol. The Morgan fingerprint density at radius 2 is 2.00 bits per heavy atom. The van der Waals surface area contributed by atoms with Crippen molar-refractivity contribution in [2.75, 3.05) is 31.2 Å². The highest BCUT2D eigenvalue weighted by Crippen LogP contribution is 2.29. The van der Waals surface area contributed by atoms with Crippen LogP contribution in [0.4, 0.5) is 11.5 Å². The van der Waals surface area contributed by atoms with E-state index in [4.69, 9.17) is 11.1 Å². The number of carbonyl (C=O) groups is 1. The van der Waals surface area contributed by atoms with Gasteiger partial charge in [0.15, 0.2) is 0 Å². The number of aliphatic imine (C=N–C) groups is 1. The van der Waals surface area contributed by atoms with Gasteiger partial charge in [0.25, 0.3) is 0 Å². The van der Waals surface area contributed by atoms with Gasteiger partial charge in [0.05, 0.1) is 5.56 Å². The van der Waals surface area contributed by atoms with Crippen LogP contribution in [-0.2, 0) is 4.79 Å². The summed E-state index contributed by atoms with van der Waals surface area (Å²) in [4.78, 5) is 23.7. The van der Waals surface area contributed by atoms with Crippen molar-refractivity contribution in [3.63, 3.8) is 0 Å². The minimum Gasteiger partial charge on any atom is -0.398 e. The highest BCUT2D eigenvalue weighted by atomic mass is 16.2. The number of aryl methyl sites for hydroxylation is 1. The summed E-state index contributed by atoms with van der Waals surface area (Å²) in [6.45, 7) is 5.49. The molecule has 0 radical (unpaired) electrons. The van der Waals surface area contributed by atoms with Crippen LogP contribution in [0, 0.1) is 18.3 Å². The molecule has 1 aliphatic carbocycles. The number of nitrogens with two attached hydrogens (primary N) is 1. The Morgan fingerprint density at radius 3 is 2.71 bits per heavy atom. The molecule has 1 saturated heterocycles. The number of piperidine rings is 1. The minimum atomic E-state index is 0.110. The molecule has 31 heavy (non-hydrogen) atoms. The number of nitrogens with one attached hydrogen (secondary N) is 2. The summed E-state index contributed by atoms with van der Waals surface area (Å²) in [6, 6.07) is 0.380. The Labute approximate surface area is 186 Å². The zero-order valence-corrected chi connectivity index (χ0v) is 19.3. The Bertz CT molecular complexity index is 828. The molecule has 1 atom stereocenters. The second kappa shape index (κ2) is 10.7. The van der Waals surface area contributed by atoms with Gasteiger partial charge in [-0.25, -0.2) is 4.98 Å². The van der Waals surface area contributed by atoms with E-state index < -0.39 is 0 Å². The first kappa shape index (κ1) is 23.2. The van der Waals surface area contributed by atoms with Gasteiger partial charge in [0.2, 0.25) is 5.91 Å². The lowest BCUT2D eigenvalue weighted by molar-refractivity contribution is -0.132. The number of rotatable bonds is 7. The average Bonchev–Trinajstić information content (AvgIpc) is 2.80. The van der Waals surface area contributed by atoms with Crippen LogP contribution in [0.15, 0.2) is 11.2 Å². The lowest BCUT2D eigenvalue weighted by Crippen LogP contribution is -2.42. The third kappa shape index (κ3) is 5.83. The van der Waals surface area contributed by atoms with E-state index in [1.54, 1.807) is 6.20 Å². The summed E-state index contributed by atoms with van der Waals surface area (Å²) in [7, 11) is 1.82. The zero-order valence-electron chi connectivity index (χ0n) is 19.3. The number of hydrogen-bond donors (Lipinski definition) is 3. The van der Waals surface area contributed by atoms with Crippen molar-refractivity contribution in [1.82, 2.24) is 9.88 Å². The van der Waals surface area contributed by atoms with Crippen molar-refractivity contribution in [3.05, 3.63) is 17.3 Å². The molecule has 2 fully saturated rings. The van der Waals surface area contributed by atoms with Crippen molar-refractivity contribution in [1.29, 1.82) is 5.41 Å². The molecule has 1 aromatic rings. The SMILES string of the molecule is CN=C(C)C1CCCN(C(=O)CCC(=N)c2c(NC3CCCCC3)ncc(C)c2N)C1. The van der Waals surface area contributed by atoms with E-state index >= 15 is 0 Å². The van der Waals surface area contributed by atoms with E-state index in [1.165, 1.54) is 19.3 Å². The number of nitrogen functional groups attached to an aromatic ring is 1. The number of amides is 1. The molecule has 170 valence electrons. The summed E-state index contributed by atoms with van der Waals surface area (Å²) < 4.78 is 0. The van der Waals surface area contributed by atoms with E-state index in [2.05, 4.69) is 15.3 Å². The van der Waals surface area contributed by atoms with Gasteiger partial charge < -0.3 is 21.4 Å². The van der Waals surface area contributed by atoms with Crippen LogP contribution in [0.2, 0.25) is 0 Å². The second-order valence-corrected chi connectivity index (χ2v) is 9.08. The number of hydrogen-bond acceptors (Lipinski definition) is 6. The van der Waals surface area contributed by atoms with Gasteiger partial charge in [-0.3, -0.25) is 9.79 Å². The fourth-order valence-electron chi connectivity index (χ4n) is 4.72. The molecule has 0 spiro atoms. The Hall–Kier alpha value is -2.44. The second-order valence-electron chi connectivity index (χ2n) is 9.08. The van der Waals surface area contributed by atoms with Gasteiger partial charge in [0, 0.05) is 61.8 Å². The fourth-order valence-corrected chi connectivity index (χ4v) is 4.72. The molecule has 1 unspecified atom stereocenters. The van der Waals surface area contributed by atoms with Crippen LogP contribution in [0.5, 0.6) is 0 Å². The molecule has 1 saturated carbocycles. The minimum absolute atomic E-state index is 0.110. The smallest absolute Gasteiger partial charge is 0.222 e. The van der Waals surface area contributed by atoms with E-state index in [0.29, 0.717) is 47.6 Å². The highest BCUT2D eigenvalue weighted by Gasteiger charge is 2.26. The topological polar surface area (TPSA) is 107 Å². The average molecular weight is 427 g/mol. The molecule has 1 amide bonds. The van der Waals surface area contributed by atoms with E-state index in [0.717, 1.165) is 50.0 Å². The summed E-state index contributed by atoms with van der Waals surface area (Å²) in [5.41, 5.74) is 10.0. The first-order valence-corrected chi connectivity index (χ1v) is 11.7.